The summed E-state index contributed by atoms with van der Waals surface area (Å²) in [4.78, 5) is 12.1. The summed E-state index contributed by atoms with van der Waals surface area (Å²) in [5.74, 6) is 0. The van der Waals surface area contributed by atoms with E-state index in [1.807, 2.05) is 7.05 Å². The van der Waals surface area contributed by atoms with Crippen LogP contribution in [0.25, 0.3) is 0 Å². The van der Waals surface area contributed by atoms with Crippen LogP contribution in [-0.4, -0.2) is 29.9 Å². The second-order valence-electron chi connectivity index (χ2n) is 5.27. The zero-order chi connectivity index (χ0) is 15.2. The molecule has 2 aromatic rings. The lowest BCUT2D eigenvalue weighted by molar-refractivity contribution is 0.639. The molecule has 21 heavy (non-hydrogen) atoms. The van der Waals surface area contributed by atoms with E-state index in [2.05, 4.69) is 47.8 Å². The van der Waals surface area contributed by atoms with Crippen molar-refractivity contribution in [2.45, 2.75) is 20.4 Å². The van der Waals surface area contributed by atoms with E-state index in [-0.39, 0.29) is 5.56 Å². The summed E-state index contributed by atoms with van der Waals surface area (Å²) in [5.41, 5.74) is 4.15. The number of anilines is 1. The zero-order valence-corrected chi connectivity index (χ0v) is 12.8. The van der Waals surface area contributed by atoms with E-state index < -0.39 is 0 Å². The van der Waals surface area contributed by atoms with Gasteiger partial charge in [-0.05, 0) is 26.5 Å². The fourth-order valence-corrected chi connectivity index (χ4v) is 2.31. The molecule has 0 atom stereocenters. The Labute approximate surface area is 125 Å². The maximum Gasteiger partial charge on any atom is 0.269 e. The molecule has 1 heterocycles. The van der Waals surface area contributed by atoms with Crippen molar-refractivity contribution >= 4 is 5.69 Å². The molecule has 5 heteroatoms. The molecule has 0 spiro atoms. The molecule has 2 N–H and O–H groups in total. The van der Waals surface area contributed by atoms with Gasteiger partial charge in [0.25, 0.3) is 5.56 Å². The van der Waals surface area contributed by atoms with Gasteiger partial charge in [0.05, 0.1) is 18.4 Å². The van der Waals surface area contributed by atoms with Gasteiger partial charge in [-0.25, -0.2) is 4.68 Å². The van der Waals surface area contributed by atoms with E-state index in [1.165, 1.54) is 15.8 Å². The Hall–Kier alpha value is -2.14. The van der Waals surface area contributed by atoms with Gasteiger partial charge in [0.1, 0.15) is 0 Å². The minimum atomic E-state index is -0.0939. The molecule has 0 aliphatic carbocycles. The summed E-state index contributed by atoms with van der Waals surface area (Å²) in [5, 5.41) is 10.4. The van der Waals surface area contributed by atoms with Crippen molar-refractivity contribution < 1.29 is 0 Å². The number of hydrogen-bond donors (Lipinski definition) is 2. The first-order valence-electron chi connectivity index (χ1n) is 7.11. The van der Waals surface area contributed by atoms with Gasteiger partial charge in [-0.2, -0.15) is 5.10 Å². The molecule has 1 aromatic heterocycles. The van der Waals surface area contributed by atoms with Crippen molar-refractivity contribution in [3.05, 3.63) is 57.5 Å². The lowest BCUT2D eigenvalue weighted by Gasteiger charge is -2.09. The van der Waals surface area contributed by atoms with E-state index in [9.17, 15) is 4.79 Å². The number of aryl methyl sites for hydroxylation is 2. The molecule has 2 rings (SSSR count). The van der Waals surface area contributed by atoms with Crippen molar-refractivity contribution in [2.24, 2.45) is 0 Å². The number of nitrogens with one attached hydrogen (secondary N) is 2. The SMILES string of the molecule is CNCCNc1cnn(Cc2cc(C)cc(C)c2)c(=O)c1. The van der Waals surface area contributed by atoms with E-state index in [0.717, 1.165) is 24.3 Å². The van der Waals surface area contributed by atoms with Crippen LogP contribution in [0.3, 0.4) is 0 Å². The Morgan fingerprint density at radius 1 is 1.10 bits per heavy atom. The van der Waals surface area contributed by atoms with Crippen LogP contribution in [0.1, 0.15) is 16.7 Å². The molecule has 0 aliphatic rings. The Morgan fingerprint density at radius 3 is 2.43 bits per heavy atom. The van der Waals surface area contributed by atoms with Crippen LogP contribution in [-0.2, 0) is 6.54 Å². The third kappa shape index (κ3) is 4.43. The summed E-state index contributed by atoms with van der Waals surface area (Å²) >= 11 is 0. The van der Waals surface area contributed by atoms with Gasteiger partial charge >= 0.3 is 0 Å². The van der Waals surface area contributed by atoms with E-state index >= 15 is 0 Å². The topological polar surface area (TPSA) is 59.0 Å². The Morgan fingerprint density at radius 2 is 1.81 bits per heavy atom. The third-order valence-corrected chi connectivity index (χ3v) is 3.19. The average Bonchev–Trinajstić information content (AvgIpc) is 2.41. The minimum absolute atomic E-state index is 0.0939. The normalized spacial score (nSPS) is 10.6. The molecule has 0 aliphatic heterocycles. The Balaban J connectivity index is 2.12. The van der Waals surface area contributed by atoms with Gasteiger partial charge in [-0.1, -0.05) is 29.3 Å². The maximum atomic E-state index is 12.1. The summed E-state index contributed by atoms with van der Waals surface area (Å²) in [6.45, 7) is 6.21. The number of aromatic nitrogens is 2. The van der Waals surface area contributed by atoms with Crippen LogP contribution in [0.5, 0.6) is 0 Å². The van der Waals surface area contributed by atoms with Gasteiger partial charge in [0.15, 0.2) is 0 Å². The van der Waals surface area contributed by atoms with Gasteiger partial charge in [-0.3, -0.25) is 4.79 Å². The van der Waals surface area contributed by atoms with Gasteiger partial charge < -0.3 is 10.6 Å². The average molecular weight is 286 g/mol. The molecule has 112 valence electrons. The first kappa shape index (κ1) is 15.3. The van der Waals surface area contributed by atoms with Gasteiger partial charge in [-0.15, -0.1) is 0 Å². The molecule has 0 unspecified atom stereocenters. The van der Waals surface area contributed by atoms with E-state index in [4.69, 9.17) is 0 Å². The molecule has 0 saturated carbocycles. The summed E-state index contributed by atoms with van der Waals surface area (Å²) in [6.07, 6.45) is 1.69. The van der Waals surface area contributed by atoms with Crippen LogP contribution in [0.15, 0.2) is 35.3 Å². The second kappa shape index (κ2) is 7.04. The second-order valence-corrected chi connectivity index (χ2v) is 5.27. The number of rotatable bonds is 6. The highest BCUT2D eigenvalue weighted by Crippen LogP contribution is 2.09. The smallest absolute Gasteiger partial charge is 0.269 e. The minimum Gasteiger partial charge on any atom is -0.382 e. The lowest BCUT2D eigenvalue weighted by atomic mass is 10.1. The van der Waals surface area contributed by atoms with E-state index in [0.29, 0.717) is 6.54 Å². The first-order valence-corrected chi connectivity index (χ1v) is 7.11. The summed E-state index contributed by atoms with van der Waals surface area (Å²) in [6, 6.07) is 7.88. The fraction of sp³-hybridized carbons (Fsp3) is 0.375. The van der Waals surface area contributed by atoms with Crippen LogP contribution >= 0.6 is 0 Å². The molecular weight excluding hydrogens is 264 g/mol. The van der Waals surface area contributed by atoms with Crippen LogP contribution < -0.4 is 16.2 Å². The molecule has 0 fully saturated rings. The lowest BCUT2D eigenvalue weighted by Crippen LogP contribution is -2.24. The van der Waals surface area contributed by atoms with Crippen molar-refractivity contribution in [3.8, 4) is 0 Å². The van der Waals surface area contributed by atoms with Crippen molar-refractivity contribution in [1.29, 1.82) is 0 Å². The molecule has 0 saturated heterocycles. The van der Waals surface area contributed by atoms with E-state index in [1.54, 1.807) is 12.3 Å². The molecule has 5 nitrogen and oxygen atoms in total. The molecule has 0 amide bonds. The maximum absolute atomic E-state index is 12.1. The highest BCUT2D eigenvalue weighted by atomic mass is 16.1. The quantitative estimate of drug-likeness (QED) is 0.791. The zero-order valence-electron chi connectivity index (χ0n) is 12.8. The molecule has 0 bridgehead atoms. The highest BCUT2D eigenvalue weighted by Gasteiger charge is 2.02. The van der Waals surface area contributed by atoms with Crippen molar-refractivity contribution in [2.75, 3.05) is 25.5 Å². The van der Waals surface area contributed by atoms with Crippen molar-refractivity contribution in [1.82, 2.24) is 15.1 Å². The third-order valence-electron chi connectivity index (χ3n) is 3.19. The molecular formula is C16H22N4O. The van der Waals surface area contributed by atoms with Crippen LogP contribution in [0.2, 0.25) is 0 Å². The number of likely N-dealkylation sites (N-methyl/N-ethyl adjacent to an activating group) is 1. The van der Waals surface area contributed by atoms with Crippen LogP contribution in [0.4, 0.5) is 5.69 Å². The standard InChI is InChI=1S/C16H22N4O/c1-12-6-13(2)8-14(7-12)11-20-16(21)9-15(10-19-20)18-5-4-17-3/h6-10,17-18H,4-5,11H2,1-3H3. The van der Waals surface area contributed by atoms with Crippen molar-refractivity contribution in [3.63, 3.8) is 0 Å². The monoisotopic (exact) mass is 286 g/mol. The Kier molecular flexibility index (Phi) is 5.11. The summed E-state index contributed by atoms with van der Waals surface area (Å²) in [7, 11) is 1.89. The largest absolute Gasteiger partial charge is 0.382 e. The summed E-state index contributed by atoms with van der Waals surface area (Å²) < 4.78 is 1.48. The number of nitrogens with zero attached hydrogens (tertiary/aromatic N) is 2. The molecule has 0 radical (unpaired) electrons. The predicted molar refractivity (Wildman–Crippen MR) is 85.9 cm³/mol. The predicted octanol–water partition coefficient (Wildman–Crippen LogP) is 1.54. The fourth-order valence-electron chi connectivity index (χ4n) is 2.31. The number of benzene rings is 1. The molecule has 1 aromatic carbocycles. The number of hydrogen-bond acceptors (Lipinski definition) is 4. The van der Waals surface area contributed by atoms with Gasteiger partial charge in [0.2, 0.25) is 0 Å². The Bertz CT molecular complexity index is 643. The first-order chi connectivity index (χ1) is 10.1. The van der Waals surface area contributed by atoms with Crippen LogP contribution in [0, 0.1) is 13.8 Å². The highest BCUT2D eigenvalue weighted by molar-refractivity contribution is 5.38. The van der Waals surface area contributed by atoms with Gasteiger partial charge in [0, 0.05) is 19.2 Å².